The smallest absolute Gasteiger partial charge is 0.299 e. The molecular formula is C15H11Cl2NO2. The Bertz CT molecular complexity index is 643. The average Bonchev–Trinajstić information content (AvgIpc) is 2.72. The molecule has 0 aromatic heterocycles. The number of hydrogen-bond acceptors (Lipinski definition) is 3. The van der Waals surface area contributed by atoms with Crippen LogP contribution in [-0.4, -0.2) is 15.2 Å². The zero-order chi connectivity index (χ0) is 14.2. The van der Waals surface area contributed by atoms with Crippen molar-refractivity contribution in [3.05, 3.63) is 71.8 Å². The highest BCUT2D eigenvalue weighted by molar-refractivity contribution is 6.61. The lowest BCUT2D eigenvalue weighted by Crippen LogP contribution is -2.45. The minimum Gasteiger partial charge on any atom is -0.351 e. The Morgan fingerprint density at radius 2 is 1.45 bits per heavy atom. The van der Waals surface area contributed by atoms with Crippen LogP contribution >= 0.6 is 23.2 Å². The van der Waals surface area contributed by atoms with Gasteiger partial charge in [-0.05, 0) is 0 Å². The third-order valence-electron chi connectivity index (χ3n) is 3.20. The maximum atomic E-state index is 10.7. The zero-order valence-corrected chi connectivity index (χ0v) is 11.8. The second kappa shape index (κ2) is 4.77. The molecule has 0 fully saturated rings. The van der Waals surface area contributed by atoms with E-state index in [9.17, 15) is 5.11 Å². The van der Waals surface area contributed by atoms with E-state index in [0.29, 0.717) is 11.1 Å². The fraction of sp³-hybridized carbons (Fsp3) is 0.133. The largest absolute Gasteiger partial charge is 0.351 e. The summed E-state index contributed by atoms with van der Waals surface area (Å²) < 4.78 is -1.70. The SMILES string of the molecule is O[C@]1(c2ccccc2)ON=C(c2ccccc2)C1(Cl)Cl. The molecule has 20 heavy (non-hydrogen) atoms. The molecule has 3 rings (SSSR count). The molecule has 1 N–H and O–H groups in total. The van der Waals surface area contributed by atoms with Gasteiger partial charge in [0.05, 0.1) is 0 Å². The number of aliphatic hydroxyl groups is 1. The standard InChI is InChI=1S/C15H11Cl2NO2/c16-14(17)13(11-7-3-1-4-8-11)18-20-15(14,19)12-9-5-2-6-10-12/h1-10,19H/t15-/m1/s1. The molecule has 0 saturated carbocycles. The van der Waals surface area contributed by atoms with Crippen molar-refractivity contribution in [1.82, 2.24) is 0 Å². The molecule has 3 nitrogen and oxygen atoms in total. The van der Waals surface area contributed by atoms with Crippen LogP contribution in [0.3, 0.4) is 0 Å². The molecule has 0 bridgehead atoms. The van der Waals surface area contributed by atoms with E-state index in [1.807, 2.05) is 24.3 Å². The predicted octanol–water partition coefficient (Wildman–Crippen LogP) is 3.44. The minimum atomic E-state index is -1.91. The lowest BCUT2D eigenvalue weighted by atomic mass is 9.96. The highest BCUT2D eigenvalue weighted by Gasteiger charge is 2.61. The first-order valence-corrected chi connectivity index (χ1v) is 6.79. The normalized spacial score (nSPS) is 24.1. The third-order valence-corrected chi connectivity index (χ3v) is 4.07. The van der Waals surface area contributed by atoms with Crippen molar-refractivity contribution in [3.8, 4) is 0 Å². The summed E-state index contributed by atoms with van der Waals surface area (Å²) in [6, 6.07) is 17.9. The van der Waals surface area contributed by atoms with E-state index >= 15 is 0 Å². The van der Waals surface area contributed by atoms with Crippen LogP contribution in [0.1, 0.15) is 11.1 Å². The van der Waals surface area contributed by atoms with Crippen LogP contribution in [-0.2, 0) is 10.6 Å². The molecule has 0 unspecified atom stereocenters. The molecule has 1 heterocycles. The zero-order valence-electron chi connectivity index (χ0n) is 10.3. The Labute approximate surface area is 126 Å². The lowest BCUT2D eigenvalue weighted by molar-refractivity contribution is -0.197. The van der Waals surface area contributed by atoms with Crippen LogP contribution in [0.4, 0.5) is 0 Å². The number of oxime groups is 1. The summed E-state index contributed by atoms with van der Waals surface area (Å²) in [5.41, 5.74) is 1.43. The highest BCUT2D eigenvalue weighted by atomic mass is 35.5. The molecule has 102 valence electrons. The van der Waals surface area contributed by atoms with Gasteiger partial charge in [0.25, 0.3) is 5.79 Å². The Kier molecular flexibility index (Phi) is 3.21. The summed E-state index contributed by atoms with van der Waals surface area (Å²) in [7, 11) is 0. The van der Waals surface area contributed by atoms with Gasteiger partial charge >= 0.3 is 0 Å². The number of benzene rings is 2. The minimum absolute atomic E-state index is 0.285. The van der Waals surface area contributed by atoms with Gasteiger partial charge in [0.1, 0.15) is 5.71 Å². The van der Waals surface area contributed by atoms with Crippen LogP contribution in [0, 0.1) is 0 Å². The predicted molar refractivity (Wildman–Crippen MR) is 78.8 cm³/mol. The van der Waals surface area contributed by atoms with Gasteiger partial charge < -0.3 is 9.94 Å². The number of nitrogens with zero attached hydrogens (tertiary/aromatic N) is 1. The molecular weight excluding hydrogens is 297 g/mol. The van der Waals surface area contributed by atoms with E-state index in [1.54, 1.807) is 36.4 Å². The van der Waals surface area contributed by atoms with Gasteiger partial charge in [-0.15, -0.1) is 0 Å². The molecule has 0 radical (unpaired) electrons. The van der Waals surface area contributed by atoms with Crippen molar-refractivity contribution in [1.29, 1.82) is 0 Å². The van der Waals surface area contributed by atoms with Crippen molar-refractivity contribution in [2.45, 2.75) is 10.1 Å². The number of alkyl halides is 2. The molecule has 0 amide bonds. The molecule has 0 saturated heterocycles. The van der Waals surface area contributed by atoms with Gasteiger partial charge in [0, 0.05) is 11.1 Å². The first-order valence-electron chi connectivity index (χ1n) is 6.03. The first-order chi connectivity index (χ1) is 9.56. The van der Waals surface area contributed by atoms with Gasteiger partial charge in [-0.1, -0.05) is 89.0 Å². The highest BCUT2D eigenvalue weighted by Crippen LogP contribution is 2.49. The maximum absolute atomic E-state index is 10.7. The molecule has 0 spiro atoms. The summed E-state index contributed by atoms with van der Waals surface area (Å²) in [6.07, 6.45) is 0. The van der Waals surface area contributed by atoms with Gasteiger partial charge in [-0.2, -0.15) is 0 Å². The van der Waals surface area contributed by atoms with Crippen molar-refractivity contribution in [2.24, 2.45) is 5.16 Å². The summed E-state index contributed by atoms with van der Waals surface area (Å²) in [5.74, 6) is -1.91. The van der Waals surface area contributed by atoms with Gasteiger partial charge in [0.2, 0.25) is 4.33 Å². The Morgan fingerprint density at radius 3 is 2.05 bits per heavy atom. The molecule has 0 aliphatic carbocycles. The van der Waals surface area contributed by atoms with Crippen molar-refractivity contribution < 1.29 is 9.94 Å². The molecule has 5 heteroatoms. The van der Waals surface area contributed by atoms with Crippen LogP contribution in [0.5, 0.6) is 0 Å². The van der Waals surface area contributed by atoms with E-state index in [2.05, 4.69) is 5.16 Å². The maximum Gasteiger partial charge on any atom is 0.299 e. The van der Waals surface area contributed by atoms with Gasteiger partial charge in [-0.3, -0.25) is 0 Å². The monoisotopic (exact) mass is 307 g/mol. The number of halogens is 2. The Hall–Kier alpha value is -1.55. The summed E-state index contributed by atoms with van der Waals surface area (Å²) in [5, 5.41) is 14.6. The second-order valence-corrected chi connectivity index (χ2v) is 5.81. The summed E-state index contributed by atoms with van der Waals surface area (Å²) in [6.45, 7) is 0. The van der Waals surface area contributed by atoms with Gasteiger partial charge in [0.15, 0.2) is 0 Å². The molecule has 1 aliphatic heterocycles. The topological polar surface area (TPSA) is 41.8 Å². The quantitative estimate of drug-likeness (QED) is 0.864. The first kappa shape index (κ1) is 13.4. The van der Waals surface area contributed by atoms with E-state index in [1.165, 1.54) is 0 Å². The second-order valence-electron chi connectivity index (χ2n) is 4.48. The van der Waals surface area contributed by atoms with Crippen LogP contribution in [0.25, 0.3) is 0 Å². The third kappa shape index (κ3) is 1.90. The Morgan fingerprint density at radius 1 is 0.900 bits per heavy atom. The fourth-order valence-corrected chi connectivity index (χ4v) is 2.69. The molecule has 1 atom stereocenters. The molecule has 2 aromatic rings. The summed E-state index contributed by atoms with van der Waals surface area (Å²) in [4.78, 5) is 5.19. The van der Waals surface area contributed by atoms with Crippen LogP contribution < -0.4 is 0 Å². The summed E-state index contributed by atoms with van der Waals surface area (Å²) >= 11 is 12.7. The lowest BCUT2D eigenvalue weighted by Gasteiger charge is -2.30. The van der Waals surface area contributed by atoms with E-state index in [0.717, 1.165) is 0 Å². The molecule has 1 aliphatic rings. The molecule has 2 aromatic carbocycles. The fourth-order valence-electron chi connectivity index (χ4n) is 2.11. The van der Waals surface area contributed by atoms with E-state index in [-0.39, 0.29) is 5.71 Å². The van der Waals surface area contributed by atoms with Crippen LogP contribution in [0.15, 0.2) is 65.8 Å². The van der Waals surface area contributed by atoms with Crippen LogP contribution in [0.2, 0.25) is 0 Å². The number of hydrogen-bond donors (Lipinski definition) is 1. The van der Waals surface area contributed by atoms with Crippen molar-refractivity contribution in [3.63, 3.8) is 0 Å². The van der Waals surface area contributed by atoms with E-state index < -0.39 is 10.1 Å². The van der Waals surface area contributed by atoms with Crippen molar-refractivity contribution in [2.75, 3.05) is 0 Å². The van der Waals surface area contributed by atoms with Gasteiger partial charge in [-0.25, -0.2) is 0 Å². The number of rotatable bonds is 2. The average molecular weight is 308 g/mol. The van der Waals surface area contributed by atoms with Crippen molar-refractivity contribution >= 4 is 28.9 Å². The van der Waals surface area contributed by atoms with E-state index in [4.69, 9.17) is 28.0 Å². The Balaban J connectivity index is 2.04.